The molecule has 22 heavy (non-hydrogen) atoms. The van der Waals surface area contributed by atoms with Crippen molar-refractivity contribution < 1.29 is 14.4 Å². The molecule has 1 saturated heterocycles. The van der Waals surface area contributed by atoms with Gasteiger partial charge in [-0.2, -0.15) is 0 Å². The van der Waals surface area contributed by atoms with Gasteiger partial charge < -0.3 is 5.32 Å². The Morgan fingerprint density at radius 1 is 1.18 bits per heavy atom. The molecule has 1 aliphatic heterocycles. The zero-order valence-corrected chi connectivity index (χ0v) is 12.9. The van der Waals surface area contributed by atoms with E-state index in [0.717, 1.165) is 31.4 Å². The van der Waals surface area contributed by atoms with E-state index in [1.54, 1.807) is 0 Å². The number of aromatic nitrogens is 1. The minimum Gasteiger partial charge on any atom is -0.326 e. The largest absolute Gasteiger partial charge is 0.326 e. The molecule has 1 aliphatic carbocycles. The number of thiazole rings is 1. The number of nitrogens with one attached hydrogen (secondary N) is 3. The number of fused-ring (bicyclic) bond motifs is 1. The first-order valence-corrected chi connectivity index (χ1v) is 8.33. The number of hydrogen-bond donors (Lipinski definition) is 3. The number of carbonyl (C=O) groups is 3. The smallest absolute Gasteiger partial charge is 0.321 e. The standard InChI is InChI=1S/C14H18N4O3S/c19-11-7-6-9(12(20)17-11)15-13(21)18-14-16-8-4-2-1-3-5-10(8)22-14/h9H,1-7H2,(H,17,19,20)(H2,15,16,18,21). The van der Waals surface area contributed by atoms with Gasteiger partial charge in [-0.1, -0.05) is 6.42 Å². The van der Waals surface area contributed by atoms with Gasteiger partial charge in [0.1, 0.15) is 6.04 Å². The molecule has 0 bridgehead atoms. The van der Waals surface area contributed by atoms with Crippen molar-refractivity contribution >= 4 is 34.3 Å². The van der Waals surface area contributed by atoms with Crippen LogP contribution in [0, 0.1) is 0 Å². The second-order valence-corrected chi connectivity index (χ2v) is 6.64. The molecule has 0 radical (unpaired) electrons. The molecule has 7 nitrogen and oxygen atoms in total. The number of hydrogen-bond acceptors (Lipinski definition) is 5. The van der Waals surface area contributed by atoms with E-state index in [1.807, 2.05) is 0 Å². The molecule has 4 amide bonds. The summed E-state index contributed by atoms with van der Waals surface area (Å²) in [6.07, 6.45) is 6.07. The average molecular weight is 322 g/mol. The normalized spacial score (nSPS) is 21.5. The van der Waals surface area contributed by atoms with Crippen LogP contribution in [0.3, 0.4) is 0 Å². The number of piperidine rings is 1. The van der Waals surface area contributed by atoms with E-state index in [1.165, 1.54) is 22.6 Å². The van der Waals surface area contributed by atoms with Crippen LogP contribution in [-0.4, -0.2) is 28.9 Å². The van der Waals surface area contributed by atoms with Gasteiger partial charge in [0, 0.05) is 11.3 Å². The van der Waals surface area contributed by atoms with Gasteiger partial charge >= 0.3 is 6.03 Å². The molecular formula is C14H18N4O3S. The van der Waals surface area contributed by atoms with Crippen LogP contribution in [0.4, 0.5) is 9.93 Å². The summed E-state index contributed by atoms with van der Waals surface area (Å²) in [7, 11) is 0. The minimum absolute atomic E-state index is 0.238. The highest BCUT2D eigenvalue weighted by molar-refractivity contribution is 7.15. The van der Waals surface area contributed by atoms with Gasteiger partial charge in [-0.15, -0.1) is 11.3 Å². The molecule has 1 atom stereocenters. The van der Waals surface area contributed by atoms with Crippen molar-refractivity contribution in [3.63, 3.8) is 0 Å². The zero-order chi connectivity index (χ0) is 15.5. The second kappa shape index (κ2) is 6.43. The molecule has 2 aliphatic rings. The van der Waals surface area contributed by atoms with Crippen molar-refractivity contribution in [2.75, 3.05) is 5.32 Å². The molecule has 0 spiro atoms. The summed E-state index contributed by atoms with van der Waals surface area (Å²) in [5.41, 5.74) is 1.08. The van der Waals surface area contributed by atoms with E-state index < -0.39 is 18.0 Å². The summed E-state index contributed by atoms with van der Waals surface area (Å²) in [5, 5.41) is 8.05. The van der Waals surface area contributed by atoms with Gasteiger partial charge in [0.15, 0.2) is 5.13 Å². The number of nitrogens with zero attached hydrogens (tertiary/aromatic N) is 1. The fraction of sp³-hybridized carbons (Fsp3) is 0.571. The highest BCUT2D eigenvalue weighted by Crippen LogP contribution is 2.28. The van der Waals surface area contributed by atoms with Gasteiger partial charge in [0.25, 0.3) is 0 Å². The summed E-state index contributed by atoms with van der Waals surface area (Å²) in [6, 6.07) is -1.13. The maximum Gasteiger partial charge on any atom is 0.321 e. The van der Waals surface area contributed by atoms with Crippen LogP contribution >= 0.6 is 11.3 Å². The van der Waals surface area contributed by atoms with E-state index in [-0.39, 0.29) is 12.3 Å². The van der Waals surface area contributed by atoms with Crippen LogP contribution in [0.5, 0.6) is 0 Å². The Labute approximate surface area is 131 Å². The second-order valence-electron chi connectivity index (χ2n) is 5.55. The van der Waals surface area contributed by atoms with E-state index in [2.05, 4.69) is 20.9 Å². The Balaban J connectivity index is 1.58. The lowest BCUT2D eigenvalue weighted by Gasteiger charge is -2.21. The third kappa shape index (κ3) is 3.44. The van der Waals surface area contributed by atoms with Crippen molar-refractivity contribution in [3.8, 4) is 0 Å². The molecule has 0 saturated carbocycles. The maximum absolute atomic E-state index is 12.0. The lowest BCUT2D eigenvalue weighted by atomic mass is 10.1. The van der Waals surface area contributed by atoms with Crippen LogP contribution in [0.15, 0.2) is 0 Å². The number of rotatable bonds is 2. The lowest BCUT2D eigenvalue weighted by Crippen LogP contribution is -2.53. The average Bonchev–Trinajstić information content (AvgIpc) is 2.70. The van der Waals surface area contributed by atoms with E-state index in [0.29, 0.717) is 11.6 Å². The summed E-state index contributed by atoms with van der Waals surface area (Å²) in [5.74, 6) is -0.756. The van der Waals surface area contributed by atoms with Gasteiger partial charge in [-0.05, 0) is 32.1 Å². The predicted octanol–water partition coefficient (Wildman–Crippen LogP) is 1.34. The van der Waals surface area contributed by atoms with Crippen LogP contribution in [-0.2, 0) is 22.4 Å². The van der Waals surface area contributed by atoms with Crippen molar-refractivity contribution in [2.24, 2.45) is 0 Å². The van der Waals surface area contributed by atoms with E-state index >= 15 is 0 Å². The Morgan fingerprint density at radius 3 is 2.82 bits per heavy atom. The molecule has 0 aromatic carbocycles. The predicted molar refractivity (Wildman–Crippen MR) is 81.7 cm³/mol. The molecular weight excluding hydrogens is 304 g/mol. The first-order chi connectivity index (χ1) is 10.6. The number of imide groups is 1. The molecule has 8 heteroatoms. The molecule has 1 unspecified atom stereocenters. The third-order valence-electron chi connectivity index (χ3n) is 3.86. The van der Waals surface area contributed by atoms with Crippen molar-refractivity contribution in [1.82, 2.24) is 15.6 Å². The number of anilines is 1. The highest BCUT2D eigenvalue weighted by Gasteiger charge is 2.28. The first kappa shape index (κ1) is 15.0. The maximum atomic E-state index is 12.0. The summed E-state index contributed by atoms with van der Waals surface area (Å²) < 4.78 is 0. The monoisotopic (exact) mass is 322 g/mol. The number of urea groups is 1. The number of amides is 4. The van der Waals surface area contributed by atoms with E-state index in [9.17, 15) is 14.4 Å². The third-order valence-corrected chi connectivity index (χ3v) is 4.93. The molecule has 3 N–H and O–H groups in total. The summed E-state index contributed by atoms with van der Waals surface area (Å²) in [4.78, 5) is 40.3. The highest BCUT2D eigenvalue weighted by atomic mass is 32.1. The van der Waals surface area contributed by atoms with Gasteiger partial charge in [0.2, 0.25) is 11.8 Å². The molecule has 2 heterocycles. The Morgan fingerprint density at radius 2 is 2.00 bits per heavy atom. The Kier molecular flexibility index (Phi) is 4.37. The molecule has 1 aromatic heterocycles. The Bertz CT molecular complexity index is 590. The van der Waals surface area contributed by atoms with Gasteiger partial charge in [-0.3, -0.25) is 20.2 Å². The van der Waals surface area contributed by atoms with Gasteiger partial charge in [-0.25, -0.2) is 9.78 Å². The minimum atomic E-state index is -0.671. The van der Waals surface area contributed by atoms with Crippen molar-refractivity contribution in [2.45, 2.75) is 51.0 Å². The van der Waals surface area contributed by atoms with E-state index in [4.69, 9.17) is 0 Å². The summed E-state index contributed by atoms with van der Waals surface area (Å²) >= 11 is 1.50. The lowest BCUT2D eigenvalue weighted by molar-refractivity contribution is -0.134. The van der Waals surface area contributed by atoms with Crippen LogP contribution in [0.25, 0.3) is 0 Å². The topological polar surface area (TPSA) is 100 Å². The molecule has 3 rings (SSSR count). The van der Waals surface area contributed by atoms with Gasteiger partial charge in [0.05, 0.1) is 5.69 Å². The van der Waals surface area contributed by atoms with Crippen LogP contribution < -0.4 is 16.0 Å². The quantitative estimate of drug-likeness (QED) is 0.565. The number of carbonyl (C=O) groups excluding carboxylic acids is 3. The Hall–Kier alpha value is -1.96. The van der Waals surface area contributed by atoms with Crippen LogP contribution in [0.2, 0.25) is 0 Å². The van der Waals surface area contributed by atoms with Crippen LogP contribution in [0.1, 0.15) is 42.7 Å². The number of aryl methyl sites for hydroxylation is 2. The first-order valence-electron chi connectivity index (χ1n) is 7.51. The fourth-order valence-corrected chi connectivity index (χ4v) is 3.75. The SMILES string of the molecule is O=C1CCC(NC(=O)Nc2nc3c(s2)CCCCC3)C(=O)N1. The molecule has 1 aromatic rings. The molecule has 118 valence electrons. The fourth-order valence-electron chi connectivity index (χ4n) is 2.70. The van der Waals surface area contributed by atoms with Crippen molar-refractivity contribution in [1.29, 1.82) is 0 Å². The summed E-state index contributed by atoms with van der Waals surface area (Å²) in [6.45, 7) is 0. The van der Waals surface area contributed by atoms with Crippen molar-refractivity contribution in [3.05, 3.63) is 10.6 Å². The zero-order valence-electron chi connectivity index (χ0n) is 12.1. The molecule has 1 fully saturated rings.